The lowest BCUT2D eigenvalue weighted by Gasteiger charge is -2.26. The third kappa shape index (κ3) is 3.94. The summed E-state index contributed by atoms with van der Waals surface area (Å²) >= 11 is 0. The molecule has 1 aliphatic rings. The predicted molar refractivity (Wildman–Crippen MR) is 67.5 cm³/mol. The molecule has 2 amide bonds. The molecule has 0 aliphatic carbocycles. The lowest BCUT2D eigenvalue weighted by Crippen LogP contribution is -2.45. The van der Waals surface area contributed by atoms with Crippen molar-refractivity contribution in [1.82, 2.24) is 4.90 Å². The van der Waals surface area contributed by atoms with Gasteiger partial charge in [0.05, 0.1) is 18.8 Å². The Labute approximate surface area is 118 Å². The van der Waals surface area contributed by atoms with E-state index in [1.807, 2.05) is 0 Å². The van der Waals surface area contributed by atoms with Crippen molar-refractivity contribution in [1.29, 1.82) is 0 Å². The monoisotopic (exact) mass is 302 g/mol. The molecule has 1 fully saturated rings. The first-order valence-corrected chi connectivity index (χ1v) is 6.23. The van der Waals surface area contributed by atoms with Crippen LogP contribution in [0.25, 0.3) is 0 Å². The number of morpholine rings is 1. The van der Waals surface area contributed by atoms with Gasteiger partial charge in [-0.05, 0) is 18.2 Å². The second-order valence-electron chi connectivity index (χ2n) is 4.44. The minimum absolute atomic E-state index is 0.0727. The zero-order valence-electron chi connectivity index (χ0n) is 10.9. The van der Waals surface area contributed by atoms with E-state index in [2.05, 4.69) is 5.32 Å². The Morgan fingerprint density at radius 2 is 1.86 bits per heavy atom. The highest BCUT2D eigenvalue weighted by Gasteiger charge is 2.31. The summed E-state index contributed by atoms with van der Waals surface area (Å²) in [6.07, 6.45) is -4.51. The third-order valence-corrected chi connectivity index (χ3v) is 2.94. The van der Waals surface area contributed by atoms with Gasteiger partial charge in [-0.15, -0.1) is 0 Å². The molecule has 0 bridgehead atoms. The van der Waals surface area contributed by atoms with E-state index < -0.39 is 23.6 Å². The standard InChI is InChI=1S/C13H13F3N2O3/c14-13(15,16)9-2-1-3-10(8-9)17-11(19)12(20)18-4-6-21-7-5-18/h1-3,8H,4-7H2,(H,17,19). The summed E-state index contributed by atoms with van der Waals surface area (Å²) in [6.45, 7) is 1.24. The zero-order chi connectivity index (χ0) is 15.5. The van der Waals surface area contributed by atoms with Gasteiger partial charge in [-0.2, -0.15) is 13.2 Å². The molecular formula is C13H13F3N2O3. The average Bonchev–Trinajstić information content (AvgIpc) is 2.47. The maximum Gasteiger partial charge on any atom is 0.416 e. The van der Waals surface area contributed by atoms with Crippen LogP contribution in [0.4, 0.5) is 18.9 Å². The normalized spacial score (nSPS) is 15.7. The molecule has 0 unspecified atom stereocenters. The van der Waals surface area contributed by atoms with Crippen LogP contribution in [0, 0.1) is 0 Å². The molecule has 21 heavy (non-hydrogen) atoms. The number of rotatable bonds is 1. The first-order chi connectivity index (χ1) is 9.88. The van der Waals surface area contributed by atoms with Crippen LogP contribution in [0.5, 0.6) is 0 Å². The lowest BCUT2D eigenvalue weighted by atomic mass is 10.2. The highest BCUT2D eigenvalue weighted by Crippen LogP contribution is 2.30. The fraction of sp³-hybridized carbons (Fsp3) is 0.385. The van der Waals surface area contributed by atoms with Crippen molar-refractivity contribution in [3.8, 4) is 0 Å². The number of halogens is 3. The molecule has 0 atom stereocenters. The van der Waals surface area contributed by atoms with Crippen LogP contribution in [0.2, 0.25) is 0 Å². The Hall–Kier alpha value is -2.09. The maximum atomic E-state index is 12.6. The number of carbonyl (C=O) groups is 2. The van der Waals surface area contributed by atoms with E-state index in [0.29, 0.717) is 13.2 Å². The van der Waals surface area contributed by atoms with Crippen molar-refractivity contribution >= 4 is 17.5 Å². The summed E-state index contributed by atoms with van der Waals surface area (Å²) in [5.41, 5.74) is -0.962. The molecule has 1 saturated heterocycles. The molecule has 2 rings (SSSR count). The fourth-order valence-electron chi connectivity index (χ4n) is 1.87. The number of nitrogens with zero attached hydrogens (tertiary/aromatic N) is 1. The van der Waals surface area contributed by atoms with Crippen molar-refractivity contribution in [2.24, 2.45) is 0 Å². The minimum atomic E-state index is -4.51. The van der Waals surface area contributed by atoms with Gasteiger partial charge in [0.2, 0.25) is 0 Å². The molecule has 1 aromatic rings. The summed E-state index contributed by atoms with van der Waals surface area (Å²) in [7, 11) is 0. The van der Waals surface area contributed by atoms with E-state index in [1.54, 1.807) is 0 Å². The Morgan fingerprint density at radius 1 is 1.19 bits per heavy atom. The van der Waals surface area contributed by atoms with Crippen LogP contribution in [0.15, 0.2) is 24.3 Å². The van der Waals surface area contributed by atoms with Crippen LogP contribution in [0.3, 0.4) is 0 Å². The topological polar surface area (TPSA) is 58.6 Å². The summed E-state index contributed by atoms with van der Waals surface area (Å²) in [5.74, 6) is -1.74. The van der Waals surface area contributed by atoms with E-state index in [0.717, 1.165) is 18.2 Å². The van der Waals surface area contributed by atoms with Gasteiger partial charge in [-0.25, -0.2) is 0 Å². The van der Waals surface area contributed by atoms with Crippen molar-refractivity contribution in [3.05, 3.63) is 29.8 Å². The maximum absolute atomic E-state index is 12.6. The number of hydrogen-bond donors (Lipinski definition) is 1. The molecular weight excluding hydrogens is 289 g/mol. The van der Waals surface area contributed by atoms with E-state index in [9.17, 15) is 22.8 Å². The van der Waals surface area contributed by atoms with Crippen LogP contribution in [-0.4, -0.2) is 43.0 Å². The van der Waals surface area contributed by atoms with Crippen molar-refractivity contribution in [2.75, 3.05) is 31.6 Å². The zero-order valence-corrected chi connectivity index (χ0v) is 10.9. The Bertz CT molecular complexity index is 540. The molecule has 114 valence electrons. The summed E-state index contributed by atoms with van der Waals surface area (Å²) in [6, 6.07) is 4.13. The van der Waals surface area contributed by atoms with Crippen LogP contribution in [0.1, 0.15) is 5.56 Å². The molecule has 0 spiro atoms. The van der Waals surface area contributed by atoms with Crippen molar-refractivity contribution in [2.45, 2.75) is 6.18 Å². The second kappa shape index (κ2) is 6.13. The third-order valence-electron chi connectivity index (χ3n) is 2.94. The minimum Gasteiger partial charge on any atom is -0.378 e. The first kappa shape index (κ1) is 15.3. The Kier molecular flexibility index (Phi) is 4.46. The van der Waals surface area contributed by atoms with Gasteiger partial charge in [-0.1, -0.05) is 6.07 Å². The van der Waals surface area contributed by atoms with Gasteiger partial charge in [0.25, 0.3) is 0 Å². The molecule has 0 saturated carbocycles. The van der Waals surface area contributed by atoms with E-state index in [1.165, 1.54) is 11.0 Å². The average molecular weight is 302 g/mol. The molecule has 8 heteroatoms. The molecule has 5 nitrogen and oxygen atoms in total. The van der Waals surface area contributed by atoms with Gasteiger partial charge in [0, 0.05) is 18.8 Å². The van der Waals surface area contributed by atoms with Gasteiger partial charge >= 0.3 is 18.0 Å². The van der Waals surface area contributed by atoms with Gasteiger partial charge < -0.3 is 15.0 Å². The molecule has 1 aromatic carbocycles. The first-order valence-electron chi connectivity index (χ1n) is 6.23. The predicted octanol–water partition coefficient (Wildman–Crippen LogP) is 1.50. The summed E-state index contributed by atoms with van der Waals surface area (Å²) in [5, 5.41) is 2.18. The molecule has 1 aliphatic heterocycles. The number of nitrogens with one attached hydrogen (secondary N) is 1. The number of amides is 2. The molecule has 1 heterocycles. The quantitative estimate of drug-likeness (QED) is 0.800. The van der Waals surface area contributed by atoms with E-state index in [-0.39, 0.29) is 18.8 Å². The highest BCUT2D eigenvalue weighted by atomic mass is 19.4. The molecule has 0 aromatic heterocycles. The van der Waals surface area contributed by atoms with Crippen molar-refractivity contribution < 1.29 is 27.5 Å². The fourth-order valence-corrected chi connectivity index (χ4v) is 1.87. The van der Waals surface area contributed by atoms with Gasteiger partial charge in [-0.3, -0.25) is 9.59 Å². The van der Waals surface area contributed by atoms with Crippen LogP contribution < -0.4 is 5.32 Å². The Morgan fingerprint density at radius 3 is 2.48 bits per heavy atom. The summed E-state index contributed by atoms with van der Waals surface area (Å²) < 4.78 is 42.7. The van der Waals surface area contributed by atoms with Gasteiger partial charge in [0.15, 0.2) is 0 Å². The van der Waals surface area contributed by atoms with Gasteiger partial charge in [0.1, 0.15) is 0 Å². The Balaban J connectivity index is 2.04. The number of ether oxygens (including phenoxy) is 1. The lowest BCUT2D eigenvalue weighted by molar-refractivity contribution is -0.145. The number of carbonyl (C=O) groups excluding carboxylic acids is 2. The van der Waals surface area contributed by atoms with Crippen LogP contribution in [-0.2, 0) is 20.5 Å². The smallest absolute Gasteiger partial charge is 0.378 e. The van der Waals surface area contributed by atoms with E-state index >= 15 is 0 Å². The SMILES string of the molecule is O=C(Nc1cccc(C(F)(F)F)c1)C(=O)N1CCOCC1. The number of alkyl halides is 3. The highest BCUT2D eigenvalue weighted by molar-refractivity contribution is 6.39. The number of benzene rings is 1. The van der Waals surface area contributed by atoms with Crippen LogP contribution >= 0.6 is 0 Å². The number of anilines is 1. The van der Waals surface area contributed by atoms with E-state index in [4.69, 9.17) is 4.74 Å². The second-order valence-corrected chi connectivity index (χ2v) is 4.44. The number of hydrogen-bond acceptors (Lipinski definition) is 3. The molecule has 1 N–H and O–H groups in total. The molecule has 0 radical (unpaired) electrons. The summed E-state index contributed by atoms with van der Waals surface area (Å²) in [4.78, 5) is 24.9. The largest absolute Gasteiger partial charge is 0.416 e. The van der Waals surface area contributed by atoms with Crippen molar-refractivity contribution in [3.63, 3.8) is 0 Å².